The minimum Gasteiger partial charge on any atom is -0.347 e. The van der Waals surface area contributed by atoms with Crippen molar-refractivity contribution in [2.75, 3.05) is 0 Å². The van der Waals surface area contributed by atoms with Gasteiger partial charge >= 0.3 is 0 Å². The van der Waals surface area contributed by atoms with Crippen LogP contribution in [0.5, 0.6) is 0 Å². The lowest BCUT2D eigenvalue weighted by atomic mass is 10.2. The van der Waals surface area contributed by atoms with Crippen LogP contribution in [0, 0.1) is 12.7 Å². The van der Waals surface area contributed by atoms with Gasteiger partial charge in [-0.2, -0.15) is 0 Å². The second-order valence-electron chi connectivity index (χ2n) is 4.13. The molecule has 0 N–H and O–H groups in total. The Morgan fingerprint density at radius 2 is 2.12 bits per heavy atom. The summed E-state index contributed by atoms with van der Waals surface area (Å²) in [6, 6.07) is 8.29. The van der Waals surface area contributed by atoms with Gasteiger partial charge in [0.1, 0.15) is 5.82 Å². The molecule has 1 heterocycles. The molecule has 2 aromatic rings. The maximum absolute atomic E-state index is 13.0. The van der Waals surface area contributed by atoms with E-state index in [9.17, 15) is 9.18 Å². The first kappa shape index (κ1) is 11.6. The molecule has 0 radical (unpaired) electrons. The number of rotatable bonds is 3. The minimum atomic E-state index is -0.237. The largest absolute Gasteiger partial charge is 0.347 e. The maximum Gasteiger partial charge on any atom is 0.161 e. The number of ketones is 1. The summed E-state index contributed by atoms with van der Waals surface area (Å²) in [6.07, 6.45) is 1.86. The van der Waals surface area contributed by atoms with E-state index < -0.39 is 0 Å². The lowest BCUT2D eigenvalue weighted by Crippen LogP contribution is -2.03. The van der Waals surface area contributed by atoms with E-state index in [4.69, 9.17) is 0 Å². The molecule has 1 aromatic carbocycles. The van der Waals surface area contributed by atoms with E-state index in [0.717, 1.165) is 16.8 Å². The molecular formula is C14H14FNO. The number of hydrogen-bond donors (Lipinski definition) is 0. The van der Waals surface area contributed by atoms with E-state index in [1.165, 1.54) is 12.1 Å². The second kappa shape index (κ2) is 4.53. The fourth-order valence-corrected chi connectivity index (χ4v) is 1.93. The van der Waals surface area contributed by atoms with Gasteiger partial charge in [0.25, 0.3) is 0 Å². The van der Waals surface area contributed by atoms with Crippen LogP contribution < -0.4 is 0 Å². The summed E-state index contributed by atoms with van der Waals surface area (Å²) in [7, 11) is 0. The fourth-order valence-electron chi connectivity index (χ4n) is 1.93. The van der Waals surface area contributed by atoms with Gasteiger partial charge in [-0.05, 0) is 37.6 Å². The highest BCUT2D eigenvalue weighted by Crippen LogP contribution is 2.13. The lowest BCUT2D eigenvalue weighted by Gasteiger charge is -2.07. The van der Waals surface area contributed by atoms with Crippen LogP contribution in [0.4, 0.5) is 4.39 Å². The third-order valence-electron chi connectivity index (χ3n) is 2.86. The first-order chi connectivity index (χ1) is 8.08. The van der Waals surface area contributed by atoms with Crippen molar-refractivity contribution in [3.8, 4) is 0 Å². The standard InChI is InChI=1S/C14H14FNO/c1-10-14(11(2)17)6-7-16(10)9-12-4-3-5-13(15)8-12/h3-8H,9H2,1-2H3. The smallest absolute Gasteiger partial charge is 0.161 e. The Morgan fingerprint density at radius 1 is 1.35 bits per heavy atom. The molecule has 0 spiro atoms. The summed E-state index contributed by atoms with van der Waals surface area (Å²) in [4.78, 5) is 11.3. The molecule has 0 saturated heterocycles. The summed E-state index contributed by atoms with van der Waals surface area (Å²) in [5, 5.41) is 0. The number of benzene rings is 1. The van der Waals surface area contributed by atoms with E-state index in [1.807, 2.05) is 23.8 Å². The Balaban J connectivity index is 2.28. The lowest BCUT2D eigenvalue weighted by molar-refractivity contribution is 0.101. The van der Waals surface area contributed by atoms with Gasteiger partial charge in [-0.1, -0.05) is 12.1 Å². The second-order valence-corrected chi connectivity index (χ2v) is 4.13. The van der Waals surface area contributed by atoms with E-state index >= 15 is 0 Å². The summed E-state index contributed by atoms with van der Waals surface area (Å²) < 4.78 is 15.0. The molecule has 0 aliphatic carbocycles. The monoisotopic (exact) mass is 231 g/mol. The van der Waals surface area contributed by atoms with Gasteiger partial charge in [0, 0.05) is 24.0 Å². The van der Waals surface area contributed by atoms with E-state index in [-0.39, 0.29) is 11.6 Å². The van der Waals surface area contributed by atoms with Crippen LogP contribution in [0.1, 0.15) is 28.5 Å². The Bertz CT molecular complexity index is 557. The number of carbonyl (C=O) groups excluding carboxylic acids is 1. The van der Waals surface area contributed by atoms with Crippen LogP contribution in [-0.2, 0) is 6.54 Å². The molecule has 0 saturated carbocycles. The number of hydrogen-bond acceptors (Lipinski definition) is 1. The highest BCUT2D eigenvalue weighted by atomic mass is 19.1. The van der Waals surface area contributed by atoms with Gasteiger partial charge in [-0.15, -0.1) is 0 Å². The molecule has 0 fully saturated rings. The zero-order chi connectivity index (χ0) is 12.4. The molecule has 0 aliphatic rings. The molecule has 0 unspecified atom stereocenters. The van der Waals surface area contributed by atoms with E-state index in [0.29, 0.717) is 6.54 Å². The maximum atomic E-state index is 13.0. The Hall–Kier alpha value is -1.90. The fraction of sp³-hybridized carbons (Fsp3) is 0.214. The third kappa shape index (κ3) is 2.44. The minimum absolute atomic E-state index is 0.0560. The topological polar surface area (TPSA) is 22.0 Å². The Labute approximate surface area is 99.7 Å². The molecule has 0 amide bonds. The number of halogens is 1. The average Bonchev–Trinajstić information content (AvgIpc) is 2.61. The number of aromatic nitrogens is 1. The third-order valence-corrected chi connectivity index (χ3v) is 2.86. The molecule has 88 valence electrons. The quantitative estimate of drug-likeness (QED) is 0.743. The SMILES string of the molecule is CC(=O)c1ccn(Cc2cccc(F)c2)c1C. The van der Waals surface area contributed by atoms with Crippen molar-refractivity contribution in [2.24, 2.45) is 0 Å². The predicted molar refractivity (Wildman–Crippen MR) is 64.7 cm³/mol. The summed E-state index contributed by atoms with van der Waals surface area (Å²) in [6.45, 7) is 4.03. The van der Waals surface area contributed by atoms with Crippen molar-refractivity contribution < 1.29 is 9.18 Å². The van der Waals surface area contributed by atoms with Crippen molar-refractivity contribution >= 4 is 5.78 Å². The van der Waals surface area contributed by atoms with Gasteiger partial charge in [-0.3, -0.25) is 4.79 Å². The first-order valence-electron chi connectivity index (χ1n) is 5.49. The van der Waals surface area contributed by atoms with Gasteiger partial charge in [0.15, 0.2) is 5.78 Å². The zero-order valence-corrected chi connectivity index (χ0v) is 9.90. The number of carbonyl (C=O) groups is 1. The predicted octanol–water partition coefficient (Wildman–Crippen LogP) is 3.19. The molecule has 1 aromatic heterocycles. The summed E-state index contributed by atoms with van der Waals surface area (Å²) in [5.74, 6) is -0.181. The van der Waals surface area contributed by atoms with Gasteiger partial charge in [0.05, 0.1) is 0 Å². The molecule has 2 nitrogen and oxygen atoms in total. The van der Waals surface area contributed by atoms with Crippen molar-refractivity contribution in [3.05, 3.63) is 59.2 Å². The van der Waals surface area contributed by atoms with Crippen LogP contribution in [0.15, 0.2) is 36.5 Å². The normalized spacial score (nSPS) is 10.5. The van der Waals surface area contributed by atoms with Crippen molar-refractivity contribution in [3.63, 3.8) is 0 Å². The van der Waals surface area contributed by atoms with Crippen molar-refractivity contribution in [1.29, 1.82) is 0 Å². The Morgan fingerprint density at radius 3 is 2.71 bits per heavy atom. The molecular weight excluding hydrogens is 217 g/mol. The van der Waals surface area contributed by atoms with Crippen molar-refractivity contribution in [2.45, 2.75) is 20.4 Å². The molecule has 17 heavy (non-hydrogen) atoms. The number of nitrogens with zero attached hydrogens (tertiary/aromatic N) is 1. The van der Waals surface area contributed by atoms with Crippen LogP contribution in [-0.4, -0.2) is 10.4 Å². The van der Waals surface area contributed by atoms with Crippen LogP contribution in [0.2, 0.25) is 0 Å². The zero-order valence-electron chi connectivity index (χ0n) is 9.90. The van der Waals surface area contributed by atoms with Crippen LogP contribution in [0.3, 0.4) is 0 Å². The van der Waals surface area contributed by atoms with Crippen LogP contribution >= 0.6 is 0 Å². The molecule has 0 aliphatic heterocycles. The summed E-state index contributed by atoms with van der Waals surface area (Å²) >= 11 is 0. The van der Waals surface area contributed by atoms with Gasteiger partial charge in [0.2, 0.25) is 0 Å². The van der Waals surface area contributed by atoms with Gasteiger partial charge in [-0.25, -0.2) is 4.39 Å². The molecule has 0 bridgehead atoms. The van der Waals surface area contributed by atoms with E-state index in [2.05, 4.69) is 0 Å². The van der Waals surface area contributed by atoms with Crippen molar-refractivity contribution in [1.82, 2.24) is 4.57 Å². The number of Topliss-reactive ketones (excluding diaryl/α,β-unsaturated/α-hetero) is 1. The molecule has 3 heteroatoms. The highest BCUT2D eigenvalue weighted by molar-refractivity contribution is 5.95. The Kier molecular flexibility index (Phi) is 3.09. The van der Waals surface area contributed by atoms with Crippen LogP contribution in [0.25, 0.3) is 0 Å². The first-order valence-corrected chi connectivity index (χ1v) is 5.49. The van der Waals surface area contributed by atoms with Gasteiger partial charge < -0.3 is 4.57 Å². The summed E-state index contributed by atoms with van der Waals surface area (Å²) in [5.41, 5.74) is 2.53. The van der Waals surface area contributed by atoms with E-state index in [1.54, 1.807) is 19.1 Å². The highest BCUT2D eigenvalue weighted by Gasteiger charge is 2.08. The molecule has 0 atom stereocenters. The molecule has 2 rings (SSSR count). The average molecular weight is 231 g/mol.